The highest BCUT2D eigenvalue weighted by Crippen LogP contribution is 2.32. The van der Waals surface area contributed by atoms with Gasteiger partial charge in [0.1, 0.15) is 11.5 Å². The number of carboxylic acid groups (broad SMARTS) is 1. The zero-order valence-electron chi connectivity index (χ0n) is 10.1. The smallest absolute Gasteiger partial charge is 0.352 e. The lowest BCUT2D eigenvalue weighted by atomic mass is 10.1. The topological polar surface area (TPSA) is 59.3 Å². The van der Waals surface area contributed by atoms with Crippen LogP contribution >= 0.6 is 0 Å². The number of nitrogens with zero attached hydrogens (tertiary/aromatic N) is 1. The molecule has 4 nitrogen and oxygen atoms in total. The van der Waals surface area contributed by atoms with E-state index in [1.165, 1.54) is 12.1 Å². The van der Waals surface area contributed by atoms with Crippen molar-refractivity contribution in [1.29, 1.82) is 0 Å². The summed E-state index contributed by atoms with van der Waals surface area (Å²) in [5.74, 6) is -1.18. The van der Waals surface area contributed by atoms with Crippen LogP contribution in [-0.2, 0) is 6.54 Å². The predicted octanol–water partition coefficient (Wildman–Crippen LogP) is 2.25. The van der Waals surface area contributed by atoms with Gasteiger partial charge < -0.3 is 9.67 Å². The first-order valence-electron chi connectivity index (χ1n) is 6.12. The number of benzene rings is 1. The molecule has 1 aromatic heterocycles. The third-order valence-electron chi connectivity index (χ3n) is 3.43. The van der Waals surface area contributed by atoms with Gasteiger partial charge >= 0.3 is 5.97 Å². The van der Waals surface area contributed by atoms with Gasteiger partial charge in [0.05, 0.1) is 5.52 Å². The fourth-order valence-corrected chi connectivity index (χ4v) is 2.28. The van der Waals surface area contributed by atoms with Gasteiger partial charge in [-0.2, -0.15) is 0 Å². The molecule has 2 aromatic rings. The Morgan fingerprint density at radius 2 is 2.11 bits per heavy atom. The summed E-state index contributed by atoms with van der Waals surface area (Å²) in [5, 5.41) is 9.43. The maximum absolute atomic E-state index is 13.2. The van der Waals surface area contributed by atoms with Gasteiger partial charge in [0.2, 0.25) is 0 Å². The van der Waals surface area contributed by atoms with Gasteiger partial charge in [-0.25, -0.2) is 9.18 Å². The largest absolute Gasteiger partial charge is 0.477 e. The van der Waals surface area contributed by atoms with E-state index in [4.69, 9.17) is 0 Å². The molecule has 0 aliphatic heterocycles. The minimum atomic E-state index is -1.14. The molecule has 0 unspecified atom stereocenters. The number of hydrogen-bond donors (Lipinski definition) is 1. The Bertz CT molecular complexity index is 731. The molecule has 0 saturated heterocycles. The molecule has 19 heavy (non-hydrogen) atoms. The number of rotatable bonds is 3. The Balaban J connectivity index is 2.32. The van der Waals surface area contributed by atoms with Crippen LogP contribution in [0.1, 0.15) is 23.3 Å². The zero-order valence-corrected chi connectivity index (χ0v) is 10.1. The maximum atomic E-state index is 13.2. The van der Waals surface area contributed by atoms with Crippen molar-refractivity contribution < 1.29 is 14.3 Å². The van der Waals surface area contributed by atoms with Crippen molar-refractivity contribution in [2.75, 3.05) is 0 Å². The lowest BCUT2D eigenvalue weighted by Gasteiger charge is -2.14. The molecule has 0 spiro atoms. The van der Waals surface area contributed by atoms with E-state index in [-0.39, 0.29) is 11.1 Å². The molecule has 0 atom stereocenters. The SMILES string of the molecule is O=C(O)c1cc(=O)c2cc(F)ccc2n1CC1CC1. The van der Waals surface area contributed by atoms with Crippen molar-refractivity contribution in [3.8, 4) is 0 Å². The molecular formula is C14H12FNO3. The zero-order chi connectivity index (χ0) is 13.6. The van der Waals surface area contributed by atoms with Crippen LogP contribution in [0, 0.1) is 11.7 Å². The van der Waals surface area contributed by atoms with Crippen LogP contribution in [0.4, 0.5) is 4.39 Å². The lowest BCUT2D eigenvalue weighted by Crippen LogP contribution is -2.19. The summed E-state index contributed by atoms with van der Waals surface area (Å²) in [7, 11) is 0. The fraction of sp³-hybridized carbons (Fsp3) is 0.286. The molecule has 0 radical (unpaired) electrons. The average Bonchev–Trinajstić information content (AvgIpc) is 3.16. The third-order valence-corrected chi connectivity index (χ3v) is 3.43. The van der Waals surface area contributed by atoms with Crippen LogP contribution in [-0.4, -0.2) is 15.6 Å². The summed E-state index contributed by atoms with van der Waals surface area (Å²) >= 11 is 0. The van der Waals surface area contributed by atoms with Gasteiger partial charge in [-0.15, -0.1) is 0 Å². The number of pyridine rings is 1. The second-order valence-electron chi connectivity index (χ2n) is 4.91. The minimum absolute atomic E-state index is 0.0315. The minimum Gasteiger partial charge on any atom is -0.477 e. The van der Waals surface area contributed by atoms with Gasteiger partial charge in [0.25, 0.3) is 0 Å². The van der Waals surface area contributed by atoms with Crippen molar-refractivity contribution in [2.45, 2.75) is 19.4 Å². The lowest BCUT2D eigenvalue weighted by molar-refractivity contribution is 0.0684. The number of fused-ring (bicyclic) bond motifs is 1. The van der Waals surface area contributed by atoms with Crippen molar-refractivity contribution in [1.82, 2.24) is 4.57 Å². The first kappa shape index (κ1) is 11.9. The number of carbonyl (C=O) groups is 1. The Morgan fingerprint density at radius 3 is 2.74 bits per heavy atom. The normalized spacial score (nSPS) is 14.8. The van der Waals surface area contributed by atoms with Gasteiger partial charge in [-0.05, 0) is 37.0 Å². The summed E-state index contributed by atoms with van der Waals surface area (Å²) in [5.41, 5.74) is -0.00634. The highest BCUT2D eigenvalue weighted by atomic mass is 19.1. The standard InChI is InChI=1S/C14H12FNO3/c15-9-3-4-11-10(5-9)13(17)6-12(14(18)19)16(11)7-8-1-2-8/h3-6,8H,1-2,7H2,(H,18,19). The third kappa shape index (κ3) is 2.12. The Hall–Kier alpha value is -2.17. The number of aromatic carboxylic acids is 1. The molecule has 1 saturated carbocycles. The van der Waals surface area contributed by atoms with Crippen LogP contribution in [0.2, 0.25) is 0 Å². The fourth-order valence-electron chi connectivity index (χ4n) is 2.28. The second-order valence-corrected chi connectivity index (χ2v) is 4.91. The van der Waals surface area contributed by atoms with Crippen LogP contribution < -0.4 is 5.43 Å². The quantitative estimate of drug-likeness (QED) is 0.921. The maximum Gasteiger partial charge on any atom is 0.352 e. The van der Waals surface area contributed by atoms with Crippen LogP contribution in [0.15, 0.2) is 29.1 Å². The van der Waals surface area contributed by atoms with E-state index in [0.29, 0.717) is 18.0 Å². The number of halogens is 1. The summed E-state index contributed by atoms with van der Waals surface area (Å²) in [6.07, 6.45) is 2.13. The van der Waals surface area contributed by atoms with E-state index >= 15 is 0 Å². The molecule has 1 aliphatic carbocycles. The summed E-state index contributed by atoms with van der Waals surface area (Å²) < 4.78 is 14.8. The van der Waals surface area contributed by atoms with E-state index in [9.17, 15) is 19.1 Å². The highest BCUT2D eigenvalue weighted by Gasteiger charge is 2.25. The molecule has 0 amide bonds. The first-order chi connectivity index (χ1) is 9.06. The molecular weight excluding hydrogens is 249 g/mol. The summed E-state index contributed by atoms with van der Waals surface area (Å²) in [6, 6.07) is 4.96. The molecule has 1 aliphatic rings. The van der Waals surface area contributed by atoms with E-state index < -0.39 is 17.2 Å². The van der Waals surface area contributed by atoms with Gasteiger partial charge in [0.15, 0.2) is 5.43 Å². The Morgan fingerprint density at radius 1 is 1.37 bits per heavy atom. The van der Waals surface area contributed by atoms with Crippen molar-refractivity contribution >= 4 is 16.9 Å². The monoisotopic (exact) mass is 261 g/mol. The van der Waals surface area contributed by atoms with Crippen LogP contribution in [0.5, 0.6) is 0 Å². The highest BCUT2D eigenvalue weighted by molar-refractivity contribution is 5.90. The molecule has 1 heterocycles. The molecule has 98 valence electrons. The molecule has 3 rings (SSSR count). The Labute approximate surface area is 108 Å². The molecule has 0 bridgehead atoms. The van der Waals surface area contributed by atoms with Gasteiger partial charge in [0, 0.05) is 18.0 Å². The number of hydrogen-bond acceptors (Lipinski definition) is 2. The van der Waals surface area contributed by atoms with Crippen molar-refractivity contribution in [2.24, 2.45) is 5.92 Å². The van der Waals surface area contributed by atoms with Crippen LogP contribution in [0.25, 0.3) is 10.9 Å². The molecule has 5 heteroatoms. The van der Waals surface area contributed by atoms with Gasteiger partial charge in [-0.3, -0.25) is 4.79 Å². The summed E-state index contributed by atoms with van der Waals surface area (Å²) in [4.78, 5) is 23.1. The predicted molar refractivity (Wildman–Crippen MR) is 67.8 cm³/mol. The van der Waals surface area contributed by atoms with Crippen molar-refractivity contribution in [3.05, 3.63) is 46.0 Å². The second kappa shape index (κ2) is 4.19. The van der Waals surface area contributed by atoms with E-state index in [1.807, 2.05) is 0 Å². The number of carboxylic acids is 1. The average molecular weight is 261 g/mol. The van der Waals surface area contributed by atoms with Crippen molar-refractivity contribution in [3.63, 3.8) is 0 Å². The van der Waals surface area contributed by atoms with Gasteiger partial charge in [-0.1, -0.05) is 0 Å². The van der Waals surface area contributed by atoms with E-state index in [2.05, 4.69) is 0 Å². The number of aromatic nitrogens is 1. The molecule has 1 N–H and O–H groups in total. The van der Waals surface area contributed by atoms with E-state index in [0.717, 1.165) is 25.0 Å². The summed E-state index contributed by atoms with van der Waals surface area (Å²) in [6.45, 7) is 0.560. The molecule has 1 aromatic carbocycles. The van der Waals surface area contributed by atoms with Crippen LogP contribution in [0.3, 0.4) is 0 Å². The first-order valence-corrected chi connectivity index (χ1v) is 6.12. The van der Waals surface area contributed by atoms with E-state index in [1.54, 1.807) is 4.57 Å². The Kier molecular flexibility index (Phi) is 2.62. The molecule has 1 fully saturated rings.